The molecule has 0 unspecified atom stereocenters. The SMILES string of the molecule is CC(=O)O[C@H](C)OC(=O)OC1CCCCC1. The van der Waals surface area contributed by atoms with Crippen LogP contribution in [0.4, 0.5) is 4.79 Å². The molecule has 0 saturated heterocycles. The predicted octanol–water partition coefficient (Wildman–Crippen LogP) is 2.38. The Kier molecular flexibility index (Phi) is 5.08. The second kappa shape index (κ2) is 6.35. The summed E-state index contributed by atoms with van der Waals surface area (Å²) in [6.45, 7) is 2.73. The third kappa shape index (κ3) is 5.00. The molecule has 0 bridgehead atoms. The zero-order valence-electron chi connectivity index (χ0n) is 9.73. The molecule has 0 N–H and O–H groups in total. The van der Waals surface area contributed by atoms with E-state index < -0.39 is 18.4 Å². The molecule has 0 radical (unpaired) electrons. The van der Waals surface area contributed by atoms with Crippen LogP contribution in [0.2, 0.25) is 0 Å². The first-order valence-electron chi connectivity index (χ1n) is 5.62. The van der Waals surface area contributed by atoms with E-state index in [4.69, 9.17) is 9.47 Å². The molecular formula is C11H18O5. The molecule has 1 rings (SSSR count). The molecule has 0 amide bonds. The lowest BCUT2D eigenvalue weighted by atomic mass is 9.98. The van der Waals surface area contributed by atoms with Gasteiger partial charge in [-0.05, 0) is 25.7 Å². The van der Waals surface area contributed by atoms with Gasteiger partial charge in [-0.1, -0.05) is 6.42 Å². The molecule has 1 aliphatic rings. The smallest absolute Gasteiger partial charge is 0.431 e. The van der Waals surface area contributed by atoms with Crippen LogP contribution in [0, 0.1) is 0 Å². The summed E-state index contributed by atoms with van der Waals surface area (Å²) in [7, 11) is 0. The Balaban J connectivity index is 2.21. The molecule has 5 heteroatoms. The van der Waals surface area contributed by atoms with E-state index in [1.807, 2.05) is 0 Å². The minimum absolute atomic E-state index is 0.0502. The first-order chi connectivity index (χ1) is 7.58. The molecule has 1 aliphatic carbocycles. The third-order valence-corrected chi connectivity index (χ3v) is 2.41. The minimum atomic E-state index is -0.895. The molecule has 0 aromatic carbocycles. The molecule has 0 aromatic heterocycles. The Morgan fingerprint density at radius 1 is 1.12 bits per heavy atom. The van der Waals surface area contributed by atoms with Gasteiger partial charge in [-0.25, -0.2) is 4.79 Å². The number of carbonyl (C=O) groups excluding carboxylic acids is 2. The monoisotopic (exact) mass is 230 g/mol. The topological polar surface area (TPSA) is 61.8 Å². The normalized spacial score (nSPS) is 18.6. The highest BCUT2D eigenvalue weighted by Gasteiger charge is 2.20. The molecule has 92 valence electrons. The van der Waals surface area contributed by atoms with Gasteiger partial charge in [-0.3, -0.25) is 4.79 Å². The fourth-order valence-electron chi connectivity index (χ4n) is 1.74. The van der Waals surface area contributed by atoms with E-state index in [-0.39, 0.29) is 6.10 Å². The van der Waals surface area contributed by atoms with Gasteiger partial charge < -0.3 is 14.2 Å². The zero-order valence-corrected chi connectivity index (χ0v) is 9.73. The molecule has 0 aliphatic heterocycles. The lowest BCUT2D eigenvalue weighted by Crippen LogP contribution is -2.26. The average Bonchev–Trinajstić information content (AvgIpc) is 2.17. The van der Waals surface area contributed by atoms with Crippen LogP contribution < -0.4 is 0 Å². The van der Waals surface area contributed by atoms with Gasteiger partial charge in [-0.2, -0.15) is 0 Å². The lowest BCUT2D eigenvalue weighted by molar-refractivity contribution is -0.166. The van der Waals surface area contributed by atoms with Crippen LogP contribution in [0.1, 0.15) is 46.0 Å². The van der Waals surface area contributed by atoms with Gasteiger partial charge in [-0.15, -0.1) is 0 Å². The summed E-state index contributed by atoms with van der Waals surface area (Å²) in [4.78, 5) is 21.8. The van der Waals surface area contributed by atoms with Crippen molar-refractivity contribution in [1.29, 1.82) is 0 Å². The van der Waals surface area contributed by atoms with Crippen molar-refractivity contribution >= 4 is 12.1 Å². The number of ether oxygens (including phenoxy) is 3. The van der Waals surface area contributed by atoms with Gasteiger partial charge in [0, 0.05) is 13.8 Å². The van der Waals surface area contributed by atoms with Gasteiger partial charge in [0.1, 0.15) is 6.10 Å². The van der Waals surface area contributed by atoms with Gasteiger partial charge in [0.2, 0.25) is 6.29 Å². The van der Waals surface area contributed by atoms with Gasteiger partial charge >= 0.3 is 12.1 Å². The van der Waals surface area contributed by atoms with Crippen LogP contribution in [-0.2, 0) is 19.0 Å². The third-order valence-electron chi connectivity index (χ3n) is 2.41. The van der Waals surface area contributed by atoms with E-state index in [0.29, 0.717) is 0 Å². The summed E-state index contributed by atoms with van der Waals surface area (Å²) in [5.74, 6) is -0.488. The molecule has 0 aromatic rings. The maximum Gasteiger partial charge on any atom is 0.511 e. The van der Waals surface area contributed by atoms with Crippen molar-refractivity contribution in [3.8, 4) is 0 Å². The van der Waals surface area contributed by atoms with Crippen LogP contribution in [0.25, 0.3) is 0 Å². The first kappa shape index (κ1) is 12.8. The number of hydrogen-bond acceptors (Lipinski definition) is 5. The number of hydrogen-bond donors (Lipinski definition) is 0. The zero-order chi connectivity index (χ0) is 12.0. The standard InChI is InChI=1S/C11H18O5/c1-8(12)14-9(2)15-11(13)16-10-6-4-3-5-7-10/h9-10H,3-7H2,1-2H3/t9-/m0/s1. The molecule has 0 spiro atoms. The van der Waals surface area contributed by atoms with Crippen molar-refractivity contribution in [3.63, 3.8) is 0 Å². The maximum absolute atomic E-state index is 11.3. The Bertz CT molecular complexity index is 245. The summed E-state index contributed by atoms with van der Waals surface area (Å²) in [6, 6.07) is 0. The second-order valence-electron chi connectivity index (χ2n) is 3.92. The van der Waals surface area contributed by atoms with Crippen LogP contribution in [0.3, 0.4) is 0 Å². The van der Waals surface area contributed by atoms with Crippen LogP contribution in [0.5, 0.6) is 0 Å². The Labute approximate surface area is 95.0 Å². The molecule has 1 fully saturated rings. The Morgan fingerprint density at radius 3 is 2.31 bits per heavy atom. The van der Waals surface area contributed by atoms with Gasteiger partial charge in [0.05, 0.1) is 0 Å². The fraction of sp³-hybridized carbons (Fsp3) is 0.818. The molecule has 16 heavy (non-hydrogen) atoms. The number of carbonyl (C=O) groups is 2. The lowest BCUT2D eigenvalue weighted by Gasteiger charge is -2.22. The van der Waals surface area contributed by atoms with Crippen LogP contribution >= 0.6 is 0 Å². The highest BCUT2D eigenvalue weighted by Crippen LogP contribution is 2.20. The largest absolute Gasteiger partial charge is 0.511 e. The van der Waals surface area contributed by atoms with Crippen LogP contribution in [-0.4, -0.2) is 24.5 Å². The van der Waals surface area contributed by atoms with E-state index in [2.05, 4.69) is 4.74 Å². The van der Waals surface area contributed by atoms with E-state index in [0.717, 1.165) is 25.7 Å². The summed E-state index contributed by atoms with van der Waals surface area (Å²) < 4.78 is 14.5. The van der Waals surface area contributed by atoms with Crippen molar-refractivity contribution in [1.82, 2.24) is 0 Å². The van der Waals surface area contributed by atoms with E-state index in [1.54, 1.807) is 0 Å². The summed E-state index contributed by atoms with van der Waals surface area (Å²) in [6.07, 6.45) is 3.42. The highest BCUT2D eigenvalue weighted by molar-refractivity contribution is 5.66. The fourth-order valence-corrected chi connectivity index (χ4v) is 1.74. The quantitative estimate of drug-likeness (QED) is 0.550. The highest BCUT2D eigenvalue weighted by atomic mass is 16.8. The van der Waals surface area contributed by atoms with Crippen molar-refractivity contribution in [2.75, 3.05) is 0 Å². The maximum atomic E-state index is 11.3. The predicted molar refractivity (Wildman–Crippen MR) is 55.7 cm³/mol. The number of rotatable bonds is 3. The Morgan fingerprint density at radius 2 is 1.75 bits per heavy atom. The van der Waals surface area contributed by atoms with Gasteiger partial charge in [0.25, 0.3) is 0 Å². The Hall–Kier alpha value is -1.26. The summed E-state index contributed by atoms with van der Waals surface area (Å²) >= 11 is 0. The summed E-state index contributed by atoms with van der Waals surface area (Å²) in [5.41, 5.74) is 0. The van der Waals surface area contributed by atoms with Crippen molar-refractivity contribution in [2.45, 2.75) is 58.3 Å². The van der Waals surface area contributed by atoms with Crippen LogP contribution in [0.15, 0.2) is 0 Å². The molecule has 1 saturated carbocycles. The number of esters is 1. The van der Waals surface area contributed by atoms with E-state index in [1.165, 1.54) is 20.3 Å². The first-order valence-corrected chi connectivity index (χ1v) is 5.62. The van der Waals surface area contributed by atoms with Crippen molar-refractivity contribution in [2.24, 2.45) is 0 Å². The average molecular weight is 230 g/mol. The molecule has 5 nitrogen and oxygen atoms in total. The van der Waals surface area contributed by atoms with Crippen molar-refractivity contribution < 1.29 is 23.8 Å². The van der Waals surface area contributed by atoms with Gasteiger partial charge in [0.15, 0.2) is 0 Å². The molecule has 1 atom stereocenters. The molecule has 0 heterocycles. The van der Waals surface area contributed by atoms with E-state index in [9.17, 15) is 9.59 Å². The second-order valence-corrected chi connectivity index (χ2v) is 3.92. The summed E-state index contributed by atoms with van der Waals surface area (Å²) in [5, 5.41) is 0. The minimum Gasteiger partial charge on any atom is -0.431 e. The van der Waals surface area contributed by atoms with E-state index >= 15 is 0 Å². The van der Waals surface area contributed by atoms with Crippen molar-refractivity contribution in [3.05, 3.63) is 0 Å². The molecular weight excluding hydrogens is 212 g/mol.